The third kappa shape index (κ3) is 4.39. The number of hydrogen-bond acceptors (Lipinski definition) is 3. The summed E-state index contributed by atoms with van der Waals surface area (Å²) in [5.74, 6) is 0.0481. The second-order valence-electron chi connectivity index (χ2n) is 7.21. The number of nitrogens with one attached hydrogen (secondary N) is 3. The van der Waals surface area contributed by atoms with Crippen LogP contribution in [0.1, 0.15) is 41.6 Å². The van der Waals surface area contributed by atoms with Crippen LogP contribution in [0.2, 0.25) is 0 Å². The Kier molecular flexibility index (Phi) is 5.87. The number of hydrogen-bond donors (Lipinski definition) is 3. The average molecular weight is 397 g/mol. The normalized spacial score (nSPS) is 12.1. The first-order chi connectivity index (χ1) is 13.8. The summed E-state index contributed by atoms with van der Waals surface area (Å²) in [4.78, 5) is 24.4. The molecule has 7 heteroatoms. The molecular weight excluding hydrogens is 373 g/mol. The Morgan fingerprint density at radius 1 is 1.10 bits per heavy atom. The van der Waals surface area contributed by atoms with Crippen molar-refractivity contribution in [1.29, 1.82) is 0 Å². The van der Waals surface area contributed by atoms with Crippen molar-refractivity contribution in [2.45, 2.75) is 26.8 Å². The molecule has 0 aliphatic heterocycles. The molecule has 0 fully saturated rings. The number of furan rings is 1. The van der Waals surface area contributed by atoms with Crippen molar-refractivity contribution < 1.29 is 18.4 Å². The fourth-order valence-electron chi connectivity index (χ4n) is 3.23. The van der Waals surface area contributed by atoms with Gasteiger partial charge in [-0.3, -0.25) is 4.79 Å². The van der Waals surface area contributed by atoms with Crippen LogP contribution < -0.4 is 16.0 Å². The maximum Gasteiger partial charge on any atom is 0.319 e. The zero-order chi connectivity index (χ0) is 21.1. The second-order valence-corrected chi connectivity index (χ2v) is 7.21. The lowest BCUT2D eigenvalue weighted by molar-refractivity contribution is 0.0963. The van der Waals surface area contributed by atoms with Crippen molar-refractivity contribution in [3.63, 3.8) is 0 Å². The first kappa shape index (κ1) is 20.4. The predicted molar refractivity (Wildman–Crippen MR) is 110 cm³/mol. The number of amides is 3. The molecule has 0 spiro atoms. The summed E-state index contributed by atoms with van der Waals surface area (Å²) in [6.45, 7) is 5.77. The van der Waals surface area contributed by atoms with Crippen LogP contribution in [0, 0.1) is 18.7 Å². The molecule has 1 atom stereocenters. The molecule has 3 aromatic rings. The van der Waals surface area contributed by atoms with Gasteiger partial charge in [0.15, 0.2) is 0 Å². The number of aryl methyl sites for hydroxylation is 1. The SMILES string of the molecule is CNC(=O)c1cccc(NC(=O)N[C@H](c2oc3ccc(F)cc3c2C)C(C)C)c1. The molecule has 0 saturated carbocycles. The molecule has 3 rings (SSSR count). The molecule has 29 heavy (non-hydrogen) atoms. The van der Waals surface area contributed by atoms with E-state index in [1.807, 2.05) is 20.8 Å². The summed E-state index contributed by atoms with van der Waals surface area (Å²) < 4.78 is 19.5. The minimum atomic E-state index is -0.427. The molecule has 3 N–H and O–H groups in total. The van der Waals surface area contributed by atoms with Crippen molar-refractivity contribution >= 4 is 28.6 Å². The Morgan fingerprint density at radius 3 is 2.55 bits per heavy atom. The van der Waals surface area contributed by atoms with Gasteiger partial charge in [-0.15, -0.1) is 0 Å². The molecule has 0 aliphatic rings. The Hall–Kier alpha value is -3.35. The Bertz CT molecular complexity index is 1060. The molecule has 0 radical (unpaired) electrons. The zero-order valence-corrected chi connectivity index (χ0v) is 16.8. The van der Waals surface area contributed by atoms with Crippen LogP contribution in [0.15, 0.2) is 46.9 Å². The van der Waals surface area contributed by atoms with E-state index in [1.54, 1.807) is 37.4 Å². The third-order valence-corrected chi connectivity index (χ3v) is 4.78. The highest BCUT2D eigenvalue weighted by molar-refractivity contribution is 5.96. The standard InChI is InChI=1S/C22H24FN3O3/c1-12(2)19(20-13(3)17-11-15(23)8-9-18(17)29-20)26-22(28)25-16-7-5-6-14(10-16)21(27)24-4/h5-12,19H,1-4H3,(H,24,27)(H2,25,26,28)/t19-/m0/s1. The van der Waals surface area contributed by atoms with Crippen LogP contribution in [-0.4, -0.2) is 19.0 Å². The molecule has 0 saturated heterocycles. The fraction of sp³-hybridized carbons (Fsp3) is 0.273. The van der Waals surface area contributed by atoms with E-state index in [0.29, 0.717) is 28.0 Å². The van der Waals surface area contributed by atoms with Crippen molar-refractivity contribution in [1.82, 2.24) is 10.6 Å². The molecule has 6 nitrogen and oxygen atoms in total. The third-order valence-electron chi connectivity index (χ3n) is 4.78. The minimum absolute atomic E-state index is 0.0297. The lowest BCUT2D eigenvalue weighted by Gasteiger charge is -2.21. The average Bonchev–Trinajstić information content (AvgIpc) is 3.01. The molecule has 0 aliphatic carbocycles. The number of carbonyl (C=O) groups is 2. The number of carbonyl (C=O) groups excluding carboxylic acids is 2. The molecule has 2 aromatic carbocycles. The first-order valence-electron chi connectivity index (χ1n) is 9.38. The van der Waals surface area contributed by atoms with Crippen LogP contribution in [0.4, 0.5) is 14.9 Å². The predicted octanol–water partition coefficient (Wildman–Crippen LogP) is 4.76. The summed E-state index contributed by atoms with van der Waals surface area (Å²) in [6, 6.07) is 10.2. The fourth-order valence-corrected chi connectivity index (χ4v) is 3.23. The molecule has 0 unspecified atom stereocenters. The van der Waals surface area contributed by atoms with Gasteiger partial charge in [-0.2, -0.15) is 0 Å². The van der Waals surface area contributed by atoms with Crippen LogP contribution in [-0.2, 0) is 0 Å². The van der Waals surface area contributed by atoms with Gasteiger partial charge in [0.25, 0.3) is 5.91 Å². The number of urea groups is 1. The highest BCUT2D eigenvalue weighted by Crippen LogP contribution is 2.33. The number of benzene rings is 2. The molecule has 3 amide bonds. The van der Waals surface area contributed by atoms with Gasteiger partial charge >= 0.3 is 6.03 Å². The summed E-state index contributed by atoms with van der Waals surface area (Å²) >= 11 is 0. The lowest BCUT2D eigenvalue weighted by atomic mass is 9.98. The molecule has 1 heterocycles. The van der Waals surface area contributed by atoms with E-state index in [9.17, 15) is 14.0 Å². The van der Waals surface area contributed by atoms with Crippen LogP contribution in [0.25, 0.3) is 11.0 Å². The van der Waals surface area contributed by atoms with Gasteiger partial charge in [-0.25, -0.2) is 9.18 Å². The topological polar surface area (TPSA) is 83.4 Å². The summed E-state index contributed by atoms with van der Waals surface area (Å²) in [6.07, 6.45) is 0. The van der Waals surface area contributed by atoms with E-state index in [1.165, 1.54) is 12.1 Å². The van der Waals surface area contributed by atoms with Gasteiger partial charge in [-0.1, -0.05) is 19.9 Å². The van der Waals surface area contributed by atoms with Crippen molar-refractivity contribution in [3.8, 4) is 0 Å². The van der Waals surface area contributed by atoms with Crippen molar-refractivity contribution in [2.75, 3.05) is 12.4 Å². The Balaban J connectivity index is 1.82. The summed E-state index contributed by atoms with van der Waals surface area (Å²) in [7, 11) is 1.55. The summed E-state index contributed by atoms with van der Waals surface area (Å²) in [5, 5.41) is 8.90. The van der Waals surface area contributed by atoms with Crippen LogP contribution in [0.3, 0.4) is 0 Å². The van der Waals surface area contributed by atoms with Gasteiger partial charge in [0.1, 0.15) is 17.2 Å². The highest BCUT2D eigenvalue weighted by Gasteiger charge is 2.25. The first-order valence-corrected chi connectivity index (χ1v) is 9.38. The van der Waals surface area contributed by atoms with Gasteiger partial charge in [0, 0.05) is 29.2 Å². The molecular formula is C22H24FN3O3. The highest BCUT2D eigenvalue weighted by atomic mass is 19.1. The quantitative estimate of drug-likeness (QED) is 0.580. The van der Waals surface area contributed by atoms with E-state index in [0.717, 1.165) is 5.56 Å². The van der Waals surface area contributed by atoms with E-state index >= 15 is 0 Å². The molecule has 152 valence electrons. The van der Waals surface area contributed by atoms with E-state index in [-0.39, 0.29) is 17.6 Å². The van der Waals surface area contributed by atoms with Crippen LogP contribution in [0.5, 0.6) is 0 Å². The summed E-state index contributed by atoms with van der Waals surface area (Å²) in [5.41, 5.74) is 2.31. The van der Waals surface area contributed by atoms with Crippen molar-refractivity contribution in [3.05, 3.63) is 65.2 Å². The van der Waals surface area contributed by atoms with Crippen LogP contribution >= 0.6 is 0 Å². The molecule has 1 aromatic heterocycles. The maximum absolute atomic E-state index is 13.6. The smallest absolute Gasteiger partial charge is 0.319 e. The van der Waals surface area contributed by atoms with Gasteiger partial charge in [0.2, 0.25) is 0 Å². The maximum atomic E-state index is 13.6. The number of anilines is 1. The number of halogens is 1. The zero-order valence-electron chi connectivity index (χ0n) is 16.8. The van der Waals surface area contributed by atoms with E-state index in [4.69, 9.17) is 4.42 Å². The number of fused-ring (bicyclic) bond motifs is 1. The molecule has 0 bridgehead atoms. The lowest BCUT2D eigenvalue weighted by Crippen LogP contribution is -2.35. The minimum Gasteiger partial charge on any atom is -0.459 e. The monoisotopic (exact) mass is 397 g/mol. The van der Waals surface area contributed by atoms with Gasteiger partial charge in [-0.05, 0) is 49.2 Å². The van der Waals surface area contributed by atoms with E-state index < -0.39 is 12.1 Å². The second kappa shape index (κ2) is 8.34. The van der Waals surface area contributed by atoms with Gasteiger partial charge < -0.3 is 20.4 Å². The van der Waals surface area contributed by atoms with Gasteiger partial charge in [0.05, 0.1) is 6.04 Å². The Morgan fingerprint density at radius 2 is 1.86 bits per heavy atom. The van der Waals surface area contributed by atoms with E-state index in [2.05, 4.69) is 16.0 Å². The number of rotatable bonds is 5. The Labute approximate surface area is 168 Å². The largest absolute Gasteiger partial charge is 0.459 e. The van der Waals surface area contributed by atoms with Crippen molar-refractivity contribution in [2.24, 2.45) is 5.92 Å².